The van der Waals surface area contributed by atoms with Crippen molar-refractivity contribution in [2.24, 2.45) is 11.8 Å². The molecule has 1 atom stereocenters. The molecule has 1 heterocycles. The summed E-state index contributed by atoms with van der Waals surface area (Å²) in [5.41, 5.74) is 0.619. The van der Waals surface area contributed by atoms with Gasteiger partial charge >= 0.3 is 0 Å². The third-order valence-corrected chi connectivity index (χ3v) is 5.81. The molecule has 0 aliphatic heterocycles. The van der Waals surface area contributed by atoms with Gasteiger partial charge in [0.2, 0.25) is 11.8 Å². The molecule has 3 rings (SSSR count). The molecule has 2 N–H and O–H groups in total. The number of carbonyl (C=O) groups is 3. The highest BCUT2D eigenvalue weighted by molar-refractivity contribution is 7.17. The smallest absolute Gasteiger partial charge is 0.229 e. The minimum absolute atomic E-state index is 0.0192. The molecule has 2 amide bonds. The standard InChI is InChI=1S/C18H25N3O4S/c1-10(2)25-7-6-19-16(23)12-8-13-15(14(22)9-12)26-18(20-13)21-17(24)11-4-3-5-11/h10-12H,3-9H2,1-2H3,(H,19,23)(H,20,21,24)/t12-/m1/s1. The van der Waals surface area contributed by atoms with Crippen molar-refractivity contribution < 1.29 is 19.1 Å². The first-order valence-electron chi connectivity index (χ1n) is 9.17. The van der Waals surface area contributed by atoms with Gasteiger partial charge in [-0.25, -0.2) is 4.98 Å². The van der Waals surface area contributed by atoms with Crippen LogP contribution in [0.2, 0.25) is 0 Å². The lowest BCUT2D eigenvalue weighted by molar-refractivity contribution is -0.125. The van der Waals surface area contributed by atoms with E-state index in [1.807, 2.05) is 13.8 Å². The number of aromatic nitrogens is 1. The highest BCUT2D eigenvalue weighted by atomic mass is 32.1. The molecule has 1 saturated carbocycles. The number of ketones is 1. The number of hydrogen-bond donors (Lipinski definition) is 2. The molecule has 0 radical (unpaired) electrons. The molecule has 142 valence electrons. The Balaban J connectivity index is 1.56. The molecule has 26 heavy (non-hydrogen) atoms. The van der Waals surface area contributed by atoms with E-state index in [2.05, 4.69) is 15.6 Å². The predicted molar refractivity (Wildman–Crippen MR) is 98.3 cm³/mol. The van der Waals surface area contributed by atoms with Gasteiger partial charge in [0, 0.05) is 25.3 Å². The number of ether oxygens (including phenoxy) is 1. The van der Waals surface area contributed by atoms with Gasteiger partial charge in [0.15, 0.2) is 10.9 Å². The van der Waals surface area contributed by atoms with Crippen molar-refractivity contribution in [1.29, 1.82) is 0 Å². The van der Waals surface area contributed by atoms with Crippen molar-refractivity contribution in [3.8, 4) is 0 Å². The van der Waals surface area contributed by atoms with Crippen LogP contribution in [-0.4, -0.2) is 41.8 Å². The summed E-state index contributed by atoms with van der Waals surface area (Å²) in [5.74, 6) is -0.588. The lowest BCUT2D eigenvalue weighted by Gasteiger charge is -2.23. The molecule has 0 bridgehead atoms. The fourth-order valence-electron chi connectivity index (χ4n) is 3.06. The van der Waals surface area contributed by atoms with E-state index in [1.54, 1.807) is 0 Å². The fourth-order valence-corrected chi connectivity index (χ4v) is 4.00. The molecule has 2 aliphatic rings. The first kappa shape index (κ1) is 19.0. The number of carbonyl (C=O) groups excluding carboxylic acids is 3. The second kappa shape index (κ2) is 8.26. The number of nitrogens with one attached hydrogen (secondary N) is 2. The van der Waals surface area contributed by atoms with Gasteiger partial charge in [0.1, 0.15) is 0 Å². The maximum atomic E-state index is 12.4. The van der Waals surface area contributed by atoms with Crippen molar-refractivity contribution in [3.63, 3.8) is 0 Å². The zero-order valence-corrected chi connectivity index (χ0v) is 16.0. The summed E-state index contributed by atoms with van der Waals surface area (Å²) in [7, 11) is 0. The Morgan fingerprint density at radius 1 is 1.23 bits per heavy atom. The zero-order valence-electron chi connectivity index (χ0n) is 15.2. The average molecular weight is 379 g/mol. The Bertz CT molecular complexity index is 697. The number of hydrogen-bond acceptors (Lipinski definition) is 6. The van der Waals surface area contributed by atoms with Gasteiger partial charge in [-0.3, -0.25) is 14.4 Å². The highest BCUT2D eigenvalue weighted by Crippen LogP contribution is 2.34. The largest absolute Gasteiger partial charge is 0.377 e. The Hall–Kier alpha value is -1.80. The summed E-state index contributed by atoms with van der Waals surface area (Å²) >= 11 is 1.22. The van der Waals surface area contributed by atoms with Crippen molar-refractivity contribution in [2.45, 2.75) is 52.1 Å². The molecule has 1 aromatic rings. The maximum Gasteiger partial charge on any atom is 0.229 e. The number of nitrogens with zero attached hydrogens (tertiary/aromatic N) is 1. The van der Waals surface area contributed by atoms with Crippen LogP contribution in [-0.2, 0) is 20.7 Å². The van der Waals surface area contributed by atoms with Gasteiger partial charge in [-0.15, -0.1) is 0 Å². The van der Waals surface area contributed by atoms with Crippen LogP contribution in [0.1, 0.15) is 54.9 Å². The van der Waals surface area contributed by atoms with Crippen LogP contribution < -0.4 is 10.6 Å². The van der Waals surface area contributed by atoms with Crippen molar-refractivity contribution >= 4 is 34.1 Å². The van der Waals surface area contributed by atoms with Crippen molar-refractivity contribution in [3.05, 3.63) is 10.6 Å². The predicted octanol–water partition coefficient (Wildman–Crippen LogP) is 2.17. The van der Waals surface area contributed by atoms with Crippen LogP contribution in [0.4, 0.5) is 5.13 Å². The maximum absolute atomic E-state index is 12.4. The van der Waals surface area contributed by atoms with Crippen molar-refractivity contribution in [1.82, 2.24) is 10.3 Å². The first-order chi connectivity index (χ1) is 12.4. The molecule has 0 spiro atoms. The molecule has 8 heteroatoms. The number of fused-ring (bicyclic) bond motifs is 1. The molecule has 1 fully saturated rings. The van der Waals surface area contributed by atoms with Crippen LogP contribution in [0.25, 0.3) is 0 Å². The molecular weight excluding hydrogens is 354 g/mol. The number of anilines is 1. The quantitative estimate of drug-likeness (QED) is 0.708. The summed E-state index contributed by atoms with van der Waals surface area (Å²) in [4.78, 5) is 41.7. The molecule has 2 aliphatic carbocycles. The molecular formula is C18H25N3O4S. The lowest BCUT2D eigenvalue weighted by Crippen LogP contribution is -2.37. The van der Waals surface area contributed by atoms with Gasteiger partial charge < -0.3 is 15.4 Å². The molecule has 0 unspecified atom stereocenters. The summed E-state index contributed by atoms with van der Waals surface area (Å²) < 4.78 is 5.40. The monoisotopic (exact) mass is 379 g/mol. The summed E-state index contributed by atoms with van der Waals surface area (Å²) in [6.45, 7) is 4.75. The SMILES string of the molecule is CC(C)OCCNC(=O)[C@H]1CC(=O)c2sc(NC(=O)C3CCC3)nc2C1. The summed E-state index contributed by atoms with van der Waals surface area (Å²) in [6, 6.07) is 0. The number of amides is 2. The summed E-state index contributed by atoms with van der Waals surface area (Å²) in [6.07, 6.45) is 3.64. The van der Waals surface area contributed by atoms with Crippen molar-refractivity contribution in [2.75, 3.05) is 18.5 Å². The van der Waals surface area contributed by atoms with E-state index in [1.165, 1.54) is 11.3 Å². The van der Waals surface area contributed by atoms with E-state index in [0.717, 1.165) is 19.3 Å². The topological polar surface area (TPSA) is 97.4 Å². The van der Waals surface area contributed by atoms with Gasteiger partial charge in [-0.1, -0.05) is 17.8 Å². The first-order valence-corrected chi connectivity index (χ1v) is 9.98. The van der Waals surface area contributed by atoms with E-state index in [-0.39, 0.29) is 36.0 Å². The second-order valence-corrected chi connectivity index (χ2v) is 8.15. The Morgan fingerprint density at radius 3 is 2.65 bits per heavy atom. The van der Waals surface area contributed by atoms with Crippen LogP contribution in [0.15, 0.2) is 0 Å². The molecule has 1 aromatic heterocycles. The van der Waals surface area contributed by atoms with Gasteiger partial charge in [-0.05, 0) is 26.7 Å². The fraction of sp³-hybridized carbons (Fsp3) is 0.667. The van der Waals surface area contributed by atoms with Gasteiger partial charge in [0.25, 0.3) is 0 Å². The van der Waals surface area contributed by atoms with Crippen LogP contribution in [0.5, 0.6) is 0 Å². The highest BCUT2D eigenvalue weighted by Gasteiger charge is 2.33. The number of thiazole rings is 1. The van der Waals surface area contributed by atoms with Crippen LogP contribution in [0.3, 0.4) is 0 Å². The zero-order chi connectivity index (χ0) is 18.7. The van der Waals surface area contributed by atoms with E-state index in [0.29, 0.717) is 35.3 Å². The minimum atomic E-state index is -0.411. The van der Waals surface area contributed by atoms with Gasteiger partial charge in [-0.2, -0.15) is 0 Å². The Kier molecular flexibility index (Phi) is 6.03. The van der Waals surface area contributed by atoms with Crippen LogP contribution >= 0.6 is 11.3 Å². The van der Waals surface area contributed by atoms with E-state index >= 15 is 0 Å². The van der Waals surface area contributed by atoms with E-state index < -0.39 is 5.92 Å². The Labute approximate surface area is 156 Å². The second-order valence-electron chi connectivity index (χ2n) is 7.15. The molecule has 0 saturated heterocycles. The Morgan fingerprint density at radius 2 is 2.00 bits per heavy atom. The average Bonchev–Trinajstić information content (AvgIpc) is 2.92. The molecule has 0 aromatic carbocycles. The molecule has 7 nitrogen and oxygen atoms in total. The van der Waals surface area contributed by atoms with Gasteiger partial charge in [0.05, 0.1) is 29.2 Å². The minimum Gasteiger partial charge on any atom is -0.377 e. The third-order valence-electron chi connectivity index (χ3n) is 4.75. The van der Waals surface area contributed by atoms with Crippen LogP contribution in [0, 0.1) is 11.8 Å². The van der Waals surface area contributed by atoms with E-state index in [9.17, 15) is 14.4 Å². The number of Topliss-reactive ketones (excluding diaryl/α,β-unsaturated/α-hetero) is 1. The lowest BCUT2D eigenvalue weighted by atomic mass is 9.85. The van der Waals surface area contributed by atoms with E-state index in [4.69, 9.17) is 4.74 Å². The number of rotatable bonds is 7. The normalized spacial score (nSPS) is 19.8. The third kappa shape index (κ3) is 4.48. The summed E-state index contributed by atoms with van der Waals surface area (Å²) in [5, 5.41) is 6.10.